The number of likely N-dealkylation sites (tertiary alicyclic amines) is 1. The molecule has 0 aliphatic carbocycles. The molecule has 5 rings (SSSR count). The third kappa shape index (κ3) is 4.65. The van der Waals surface area contributed by atoms with Crippen LogP contribution in [0.15, 0.2) is 53.1 Å². The van der Waals surface area contributed by atoms with Gasteiger partial charge in [0.15, 0.2) is 11.5 Å². The van der Waals surface area contributed by atoms with E-state index in [1.54, 1.807) is 44.3 Å². The highest BCUT2D eigenvalue weighted by Gasteiger charge is 2.48. The second-order valence-corrected chi connectivity index (χ2v) is 9.21. The maximum Gasteiger partial charge on any atom is 0.435 e. The molecule has 39 heavy (non-hydrogen) atoms. The van der Waals surface area contributed by atoms with E-state index in [4.69, 9.17) is 10.3 Å². The highest BCUT2D eigenvalue weighted by atomic mass is 19.4. The van der Waals surface area contributed by atoms with Gasteiger partial charge in [-0.05, 0) is 31.2 Å². The lowest BCUT2D eigenvalue weighted by Crippen LogP contribution is -2.35. The molecule has 0 spiro atoms. The summed E-state index contributed by atoms with van der Waals surface area (Å²) in [4.78, 5) is 30.2. The number of rotatable bonds is 6. The van der Waals surface area contributed by atoms with Gasteiger partial charge in [-0.25, -0.2) is 4.98 Å². The molecule has 13 heteroatoms. The van der Waals surface area contributed by atoms with Gasteiger partial charge in [-0.1, -0.05) is 23.4 Å². The Morgan fingerprint density at radius 3 is 2.46 bits per heavy atom. The van der Waals surface area contributed by atoms with Crippen molar-refractivity contribution in [2.45, 2.75) is 31.7 Å². The monoisotopic (exact) mass is 540 g/mol. The first-order valence-electron chi connectivity index (χ1n) is 11.9. The van der Waals surface area contributed by atoms with E-state index in [-0.39, 0.29) is 41.4 Å². The second kappa shape index (κ2) is 9.34. The standard InChI is InChI=1S/C26H23F3N6O4/c1-3-35-20(13-21(32-35)26(27,28)29)16-10-17(31-19(11-16)23(30)36)14-5-4-6-15(9-14)18-12-22(39-33-18)25(38)7-8-34(2)24(25)37/h4-6,9-13,38H,3,7-8H2,1-2H3,(H2,30,36)/t25-/m1/s1. The number of aliphatic hydroxyl groups is 1. The third-order valence-corrected chi connectivity index (χ3v) is 6.62. The number of carbonyl (C=O) groups is 2. The van der Waals surface area contributed by atoms with Crippen LogP contribution in [-0.2, 0) is 23.1 Å². The van der Waals surface area contributed by atoms with Gasteiger partial charge in [0.05, 0.1) is 11.4 Å². The summed E-state index contributed by atoms with van der Waals surface area (Å²) in [5, 5.41) is 18.5. The van der Waals surface area contributed by atoms with Crippen LogP contribution in [0.25, 0.3) is 33.8 Å². The average molecular weight is 541 g/mol. The zero-order valence-corrected chi connectivity index (χ0v) is 20.9. The van der Waals surface area contributed by atoms with E-state index in [0.717, 1.165) is 6.07 Å². The Balaban J connectivity index is 1.56. The Morgan fingerprint density at radius 1 is 1.13 bits per heavy atom. The minimum Gasteiger partial charge on any atom is -0.373 e. The summed E-state index contributed by atoms with van der Waals surface area (Å²) in [7, 11) is 1.58. The van der Waals surface area contributed by atoms with Gasteiger partial charge >= 0.3 is 6.18 Å². The zero-order valence-electron chi connectivity index (χ0n) is 20.9. The Kier molecular flexibility index (Phi) is 6.25. The number of aryl methyl sites for hydroxylation is 1. The molecule has 10 nitrogen and oxygen atoms in total. The Bertz CT molecular complexity index is 1590. The summed E-state index contributed by atoms with van der Waals surface area (Å²) in [6.45, 7) is 2.17. The summed E-state index contributed by atoms with van der Waals surface area (Å²) in [6, 6.07) is 12.0. The summed E-state index contributed by atoms with van der Waals surface area (Å²) < 4.78 is 46.5. The lowest BCUT2D eigenvalue weighted by atomic mass is 9.97. The molecule has 3 N–H and O–H groups in total. The Morgan fingerprint density at radius 2 is 1.85 bits per heavy atom. The quantitative estimate of drug-likeness (QED) is 0.382. The van der Waals surface area contributed by atoms with E-state index in [2.05, 4.69) is 15.2 Å². The largest absolute Gasteiger partial charge is 0.435 e. The lowest BCUT2D eigenvalue weighted by Gasteiger charge is -2.16. The SMILES string of the molecule is CCn1nc(C(F)(F)F)cc1-c1cc(C(N)=O)nc(-c2cccc(-c3cc([C@]4(O)CCN(C)C4=O)on3)c2)c1. The number of pyridine rings is 1. The Hall–Kier alpha value is -4.52. The number of likely N-dealkylation sites (N-methyl/N-ethyl adjacent to an activating group) is 1. The van der Waals surface area contributed by atoms with Crippen molar-refractivity contribution in [2.75, 3.05) is 13.6 Å². The number of halogens is 3. The van der Waals surface area contributed by atoms with Gasteiger partial charge in [-0.3, -0.25) is 14.3 Å². The van der Waals surface area contributed by atoms with Crippen molar-refractivity contribution in [1.82, 2.24) is 24.8 Å². The number of carbonyl (C=O) groups excluding carboxylic acids is 2. The molecule has 1 aromatic carbocycles. The van der Waals surface area contributed by atoms with Crippen molar-refractivity contribution in [3.05, 3.63) is 65.7 Å². The maximum atomic E-state index is 13.3. The van der Waals surface area contributed by atoms with Crippen molar-refractivity contribution in [3.8, 4) is 33.8 Å². The molecule has 202 valence electrons. The molecule has 1 aliphatic rings. The van der Waals surface area contributed by atoms with Gasteiger partial charge < -0.3 is 20.3 Å². The molecule has 4 heterocycles. The minimum absolute atomic E-state index is 0.0155. The number of nitrogens with two attached hydrogens (primary N) is 1. The molecule has 0 bridgehead atoms. The predicted octanol–water partition coefficient (Wildman–Crippen LogP) is 3.45. The number of hydrogen-bond acceptors (Lipinski definition) is 7. The minimum atomic E-state index is -4.64. The summed E-state index contributed by atoms with van der Waals surface area (Å²) in [6.07, 6.45) is -4.48. The average Bonchev–Trinajstić information content (AvgIpc) is 3.64. The highest BCUT2D eigenvalue weighted by Crippen LogP contribution is 2.36. The first kappa shape index (κ1) is 26.1. The van der Waals surface area contributed by atoms with Crippen LogP contribution < -0.4 is 5.73 Å². The molecule has 1 fully saturated rings. The molecule has 0 unspecified atom stereocenters. The number of alkyl halides is 3. The van der Waals surface area contributed by atoms with Crippen molar-refractivity contribution in [3.63, 3.8) is 0 Å². The fourth-order valence-corrected chi connectivity index (χ4v) is 4.51. The van der Waals surface area contributed by atoms with Gasteiger partial charge in [-0.2, -0.15) is 18.3 Å². The van der Waals surface area contributed by atoms with Crippen LogP contribution in [0, 0.1) is 0 Å². The molecule has 1 saturated heterocycles. The van der Waals surface area contributed by atoms with Gasteiger partial charge in [0.25, 0.3) is 11.8 Å². The third-order valence-electron chi connectivity index (χ3n) is 6.62. The molecule has 1 aliphatic heterocycles. The normalized spacial score (nSPS) is 17.7. The summed E-state index contributed by atoms with van der Waals surface area (Å²) in [5.74, 6) is -1.32. The van der Waals surface area contributed by atoms with Gasteiger partial charge in [0, 0.05) is 49.3 Å². The van der Waals surface area contributed by atoms with Crippen LogP contribution in [0.2, 0.25) is 0 Å². The van der Waals surface area contributed by atoms with Gasteiger partial charge in [0.2, 0.25) is 5.60 Å². The highest BCUT2D eigenvalue weighted by molar-refractivity contribution is 5.93. The first-order valence-corrected chi connectivity index (χ1v) is 11.9. The van der Waals surface area contributed by atoms with Crippen LogP contribution in [0.3, 0.4) is 0 Å². The van der Waals surface area contributed by atoms with Gasteiger partial charge in [-0.15, -0.1) is 0 Å². The van der Waals surface area contributed by atoms with Crippen molar-refractivity contribution < 1.29 is 32.4 Å². The van der Waals surface area contributed by atoms with E-state index < -0.39 is 29.3 Å². The van der Waals surface area contributed by atoms with Gasteiger partial charge in [0.1, 0.15) is 11.4 Å². The van der Waals surface area contributed by atoms with Crippen molar-refractivity contribution >= 4 is 11.8 Å². The number of hydrogen-bond donors (Lipinski definition) is 2. The number of primary amides is 1. The van der Waals surface area contributed by atoms with E-state index in [1.165, 1.54) is 21.7 Å². The first-order chi connectivity index (χ1) is 18.4. The number of aromatic nitrogens is 4. The molecular weight excluding hydrogens is 517 g/mol. The fraction of sp³-hybridized carbons (Fsp3) is 0.269. The molecule has 0 saturated carbocycles. The van der Waals surface area contributed by atoms with Crippen molar-refractivity contribution in [1.29, 1.82) is 0 Å². The topological polar surface area (TPSA) is 140 Å². The molecule has 4 aromatic rings. The van der Waals surface area contributed by atoms with Crippen LogP contribution in [-0.4, -0.2) is 55.3 Å². The fourth-order valence-electron chi connectivity index (χ4n) is 4.51. The molecule has 3 aromatic heterocycles. The molecule has 2 amide bonds. The van der Waals surface area contributed by atoms with Crippen LogP contribution in [0.1, 0.15) is 35.3 Å². The molecule has 0 radical (unpaired) electrons. The summed E-state index contributed by atoms with van der Waals surface area (Å²) >= 11 is 0. The van der Waals surface area contributed by atoms with E-state index >= 15 is 0 Å². The van der Waals surface area contributed by atoms with Crippen molar-refractivity contribution in [2.24, 2.45) is 5.73 Å². The van der Waals surface area contributed by atoms with Crippen LogP contribution >= 0.6 is 0 Å². The maximum absolute atomic E-state index is 13.3. The zero-order chi connectivity index (χ0) is 28.1. The molecule has 1 atom stereocenters. The number of benzene rings is 1. The molecular formula is C26H23F3N6O4. The number of amides is 2. The predicted molar refractivity (Wildman–Crippen MR) is 132 cm³/mol. The lowest BCUT2D eigenvalue weighted by molar-refractivity contribution is -0.145. The van der Waals surface area contributed by atoms with E-state index in [1.807, 2.05) is 0 Å². The Labute approximate surface area is 219 Å². The van der Waals surface area contributed by atoms with E-state index in [0.29, 0.717) is 23.4 Å². The smallest absolute Gasteiger partial charge is 0.373 e. The van der Waals surface area contributed by atoms with E-state index in [9.17, 15) is 27.9 Å². The van der Waals surface area contributed by atoms with Crippen LogP contribution in [0.5, 0.6) is 0 Å². The van der Waals surface area contributed by atoms with Crippen LogP contribution in [0.4, 0.5) is 13.2 Å². The number of nitrogens with zero attached hydrogens (tertiary/aromatic N) is 5. The summed E-state index contributed by atoms with van der Waals surface area (Å²) in [5.41, 5.74) is 4.58. The second-order valence-electron chi connectivity index (χ2n) is 9.21.